The van der Waals surface area contributed by atoms with Gasteiger partial charge < -0.3 is 15.7 Å². The molecule has 0 heterocycles. The average Bonchev–Trinajstić information content (AvgIpc) is 2.21. The Morgan fingerprint density at radius 2 is 2.13 bits per heavy atom. The highest BCUT2D eigenvalue weighted by atomic mass is 19.1. The fraction of sp³-hybridized carbons (Fsp3) is 0.455. The van der Waals surface area contributed by atoms with Gasteiger partial charge in [0.25, 0.3) is 0 Å². The molecule has 3 nitrogen and oxygen atoms in total. The van der Waals surface area contributed by atoms with Crippen molar-refractivity contribution in [2.45, 2.75) is 5.92 Å². The summed E-state index contributed by atoms with van der Waals surface area (Å²) in [6.45, 7) is 0.325. The average molecular weight is 212 g/mol. The highest BCUT2D eigenvalue weighted by molar-refractivity contribution is 5.54. The fourth-order valence-electron chi connectivity index (χ4n) is 1.55. The smallest absolute Gasteiger partial charge is 0.125 e. The summed E-state index contributed by atoms with van der Waals surface area (Å²) >= 11 is 0. The van der Waals surface area contributed by atoms with Crippen molar-refractivity contribution in [3.8, 4) is 0 Å². The van der Waals surface area contributed by atoms with Crippen LogP contribution in [0.3, 0.4) is 0 Å². The van der Waals surface area contributed by atoms with Crippen molar-refractivity contribution in [1.82, 2.24) is 0 Å². The molecule has 0 aliphatic carbocycles. The van der Waals surface area contributed by atoms with Crippen LogP contribution in [0.1, 0.15) is 11.5 Å². The van der Waals surface area contributed by atoms with Gasteiger partial charge in [-0.15, -0.1) is 0 Å². The molecule has 0 amide bonds. The Hall–Kier alpha value is -1.13. The first kappa shape index (κ1) is 11.9. The molecule has 1 unspecified atom stereocenters. The molecule has 0 saturated heterocycles. The van der Waals surface area contributed by atoms with E-state index in [-0.39, 0.29) is 18.3 Å². The van der Waals surface area contributed by atoms with Gasteiger partial charge in [-0.2, -0.15) is 0 Å². The summed E-state index contributed by atoms with van der Waals surface area (Å²) in [4.78, 5) is 1.82. The molecule has 0 aliphatic heterocycles. The lowest BCUT2D eigenvalue weighted by molar-refractivity contribution is 0.268. The van der Waals surface area contributed by atoms with Crippen LogP contribution in [0.5, 0.6) is 0 Å². The molecule has 0 aromatic heterocycles. The maximum absolute atomic E-state index is 13.1. The first-order valence-electron chi connectivity index (χ1n) is 4.87. The zero-order valence-electron chi connectivity index (χ0n) is 9.07. The lowest BCUT2D eigenvalue weighted by Crippen LogP contribution is -2.20. The minimum Gasteiger partial charge on any atom is -0.396 e. The summed E-state index contributed by atoms with van der Waals surface area (Å²) in [5.41, 5.74) is 7.19. The van der Waals surface area contributed by atoms with Crippen LogP contribution in [0.15, 0.2) is 18.2 Å². The second kappa shape index (κ2) is 5.09. The van der Waals surface area contributed by atoms with Crippen molar-refractivity contribution in [2.75, 3.05) is 32.1 Å². The number of hydrogen-bond acceptors (Lipinski definition) is 3. The Balaban J connectivity index is 3.15. The van der Waals surface area contributed by atoms with E-state index in [1.807, 2.05) is 19.0 Å². The van der Waals surface area contributed by atoms with Gasteiger partial charge in [-0.05, 0) is 17.7 Å². The lowest BCUT2D eigenvalue weighted by Gasteiger charge is -2.22. The molecular formula is C11H17FN2O. The molecule has 0 spiro atoms. The highest BCUT2D eigenvalue weighted by Gasteiger charge is 2.14. The molecule has 15 heavy (non-hydrogen) atoms. The van der Waals surface area contributed by atoms with Crippen LogP contribution in [-0.2, 0) is 0 Å². The fourth-order valence-corrected chi connectivity index (χ4v) is 1.55. The van der Waals surface area contributed by atoms with E-state index in [0.29, 0.717) is 6.54 Å². The van der Waals surface area contributed by atoms with Crippen molar-refractivity contribution < 1.29 is 9.50 Å². The van der Waals surface area contributed by atoms with E-state index in [1.165, 1.54) is 12.1 Å². The van der Waals surface area contributed by atoms with E-state index in [4.69, 9.17) is 10.8 Å². The van der Waals surface area contributed by atoms with Crippen LogP contribution >= 0.6 is 0 Å². The summed E-state index contributed by atoms with van der Waals surface area (Å²) in [6, 6.07) is 4.52. The Bertz CT molecular complexity index is 324. The van der Waals surface area contributed by atoms with Gasteiger partial charge in [-0.3, -0.25) is 0 Å². The lowest BCUT2D eigenvalue weighted by atomic mass is 9.97. The molecule has 84 valence electrons. The highest BCUT2D eigenvalue weighted by Crippen LogP contribution is 2.26. The Morgan fingerprint density at radius 1 is 1.47 bits per heavy atom. The number of anilines is 1. The van der Waals surface area contributed by atoms with Crippen LogP contribution in [0.4, 0.5) is 10.1 Å². The number of hydrogen-bond donors (Lipinski definition) is 2. The minimum atomic E-state index is -0.281. The largest absolute Gasteiger partial charge is 0.396 e. The van der Waals surface area contributed by atoms with Crippen LogP contribution in [0.25, 0.3) is 0 Å². The monoisotopic (exact) mass is 212 g/mol. The molecule has 0 saturated carbocycles. The quantitative estimate of drug-likeness (QED) is 0.780. The van der Waals surface area contributed by atoms with Crippen molar-refractivity contribution in [3.63, 3.8) is 0 Å². The number of nitrogens with zero attached hydrogens (tertiary/aromatic N) is 1. The maximum Gasteiger partial charge on any atom is 0.125 e. The third-order valence-corrected chi connectivity index (χ3v) is 2.42. The Labute approximate surface area is 89.3 Å². The zero-order chi connectivity index (χ0) is 11.4. The number of aliphatic hydroxyl groups excluding tert-OH is 1. The van der Waals surface area contributed by atoms with Crippen molar-refractivity contribution >= 4 is 5.69 Å². The Kier molecular flexibility index (Phi) is 4.05. The van der Waals surface area contributed by atoms with Crippen LogP contribution in [-0.4, -0.2) is 32.4 Å². The molecule has 0 radical (unpaired) electrons. The molecular weight excluding hydrogens is 195 g/mol. The zero-order valence-corrected chi connectivity index (χ0v) is 9.07. The van der Waals surface area contributed by atoms with E-state index < -0.39 is 0 Å². The summed E-state index contributed by atoms with van der Waals surface area (Å²) < 4.78 is 13.1. The third-order valence-electron chi connectivity index (χ3n) is 2.42. The number of benzene rings is 1. The molecule has 0 fully saturated rings. The molecule has 0 aliphatic rings. The predicted octanol–water partition coefficient (Wildman–Crippen LogP) is 0.926. The maximum atomic E-state index is 13.1. The molecule has 1 aromatic rings. The van der Waals surface area contributed by atoms with Crippen LogP contribution < -0.4 is 10.6 Å². The number of rotatable bonds is 4. The van der Waals surface area contributed by atoms with Crippen LogP contribution in [0.2, 0.25) is 0 Å². The van der Waals surface area contributed by atoms with Gasteiger partial charge in [-0.25, -0.2) is 4.39 Å². The normalized spacial score (nSPS) is 12.6. The van der Waals surface area contributed by atoms with Gasteiger partial charge in [0.2, 0.25) is 0 Å². The van der Waals surface area contributed by atoms with Gasteiger partial charge in [-0.1, -0.05) is 6.07 Å². The Morgan fingerprint density at radius 3 is 2.60 bits per heavy atom. The van der Waals surface area contributed by atoms with E-state index >= 15 is 0 Å². The molecule has 1 atom stereocenters. The number of nitrogens with two attached hydrogens (primary N) is 1. The van der Waals surface area contributed by atoms with Gasteiger partial charge in [0.15, 0.2) is 0 Å². The summed E-state index contributed by atoms with van der Waals surface area (Å²) in [6.07, 6.45) is 0. The number of aliphatic hydroxyl groups is 1. The molecule has 1 aromatic carbocycles. The SMILES string of the molecule is CN(C)c1cc(F)ccc1C(CN)CO. The van der Waals surface area contributed by atoms with Crippen molar-refractivity contribution in [2.24, 2.45) is 5.73 Å². The summed E-state index contributed by atoms with van der Waals surface area (Å²) in [5, 5.41) is 9.16. The summed E-state index contributed by atoms with van der Waals surface area (Å²) in [7, 11) is 3.67. The molecule has 0 bridgehead atoms. The van der Waals surface area contributed by atoms with E-state index in [9.17, 15) is 4.39 Å². The second-order valence-electron chi connectivity index (χ2n) is 3.71. The molecule has 1 rings (SSSR count). The minimum absolute atomic E-state index is 0.0248. The van der Waals surface area contributed by atoms with E-state index in [0.717, 1.165) is 11.3 Å². The topological polar surface area (TPSA) is 49.5 Å². The third kappa shape index (κ3) is 2.67. The molecule has 4 heteroatoms. The second-order valence-corrected chi connectivity index (χ2v) is 3.71. The predicted molar refractivity (Wildman–Crippen MR) is 59.6 cm³/mol. The summed E-state index contributed by atoms with van der Waals surface area (Å²) in [5.74, 6) is -0.417. The standard InChI is InChI=1S/C11H17FN2O/c1-14(2)11-5-9(12)3-4-10(11)8(6-13)7-15/h3-5,8,15H,6-7,13H2,1-2H3. The van der Waals surface area contributed by atoms with Gasteiger partial charge in [0, 0.05) is 32.2 Å². The van der Waals surface area contributed by atoms with Crippen LogP contribution in [0, 0.1) is 5.82 Å². The van der Waals surface area contributed by atoms with Gasteiger partial charge in [0.05, 0.1) is 6.61 Å². The van der Waals surface area contributed by atoms with Gasteiger partial charge >= 0.3 is 0 Å². The number of halogens is 1. The van der Waals surface area contributed by atoms with E-state index in [1.54, 1.807) is 6.07 Å². The molecule has 3 N–H and O–H groups in total. The first-order chi connectivity index (χ1) is 7.10. The van der Waals surface area contributed by atoms with Gasteiger partial charge in [0.1, 0.15) is 5.82 Å². The first-order valence-corrected chi connectivity index (χ1v) is 4.87. The van der Waals surface area contributed by atoms with E-state index in [2.05, 4.69) is 0 Å². The van der Waals surface area contributed by atoms with Crippen molar-refractivity contribution in [3.05, 3.63) is 29.6 Å². The van der Waals surface area contributed by atoms with Crippen molar-refractivity contribution in [1.29, 1.82) is 0 Å².